The topological polar surface area (TPSA) is 70.2 Å². The number of aliphatic hydroxyl groups excluding tert-OH is 1. The van der Waals surface area contributed by atoms with Crippen LogP contribution in [-0.4, -0.2) is 15.3 Å². The zero-order chi connectivity index (χ0) is 10.1. The number of hydrogen-bond donors (Lipinski definition) is 3. The normalized spacial score (nSPS) is 21.8. The Bertz CT molecular complexity index is 353. The largest absolute Gasteiger partial charge is 0.471 e. The molecule has 5 nitrogen and oxygen atoms in total. The van der Waals surface area contributed by atoms with E-state index >= 15 is 0 Å². The predicted octanol–water partition coefficient (Wildman–Crippen LogP) is 1.21. The SMILES string of the molecule is CC(O)c1[nH]nc(C2NC=CO2)c1Cl. The van der Waals surface area contributed by atoms with Gasteiger partial charge in [0.05, 0.1) is 16.8 Å². The van der Waals surface area contributed by atoms with Crippen molar-refractivity contribution in [1.29, 1.82) is 0 Å². The summed E-state index contributed by atoms with van der Waals surface area (Å²) in [6.45, 7) is 1.62. The van der Waals surface area contributed by atoms with Gasteiger partial charge in [0.2, 0.25) is 6.23 Å². The van der Waals surface area contributed by atoms with Crippen LogP contribution < -0.4 is 5.32 Å². The van der Waals surface area contributed by atoms with Gasteiger partial charge in [-0.1, -0.05) is 11.6 Å². The van der Waals surface area contributed by atoms with Crippen molar-refractivity contribution in [3.63, 3.8) is 0 Å². The van der Waals surface area contributed by atoms with Crippen LogP contribution in [0.1, 0.15) is 30.6 Å². The Balaban J connectivity index is 2.26. The van der Waals surface area contributed by atoms with Crippen molar-refractivity contribution >= 4 is 11.6 Å². The highest BCUT2D eigenvalue weighted by atomic mass is 35.5. The molecule has 0 saturated heterocycles. The summed E-state index contributed by atoms with van der Waals surface area (Å²) in [5, 5.41) is 19.3. The Labute approximate surface area is 85.7 Å². The number of aliphatic hydroxyl groups is 1. The van der Waals surface area contributed by atoms with E-state index < -0.39 is 6.10 Å². The second kappa shape index (κ2) is 3.51. The van der Waals surface area contributed by atoms with Gasteiger partial charge in [0.25, 0.3) is 0 Å². The van der Waals surface area contributed by atoms with Gasteiger partial charge < -0.3 is 15.2 Å². The molecule has 2 unspecified atom stereocenters. The molecule has 76 valence electrons. The van der Waals surface area contributed by atoms with E-state index in [-0.39, 0.29) is 6.23 Å². The van der Waals surface area contributed by atoms with Crippen LogP contribution in [-0.2, 0) is 4.74 Å². The predicted molar refractivity (Wildman–Crippen MR) is 50.3 cm³/mol. The Morgan fingerprint density at radius 1 is 1.71 bits per heavy atom. The molecule has 0 fully saturated rings. The number of nitrogens with zero attached hydrogens (tertiary/aromatic N) is 1. The third-order valence-corrected chi connectivity index (χ3v) is 2.35. The summed E-state index contributed by atoms with van der Waals surface area (Å²) in [4.78, 5) is 0. The van der Waals surface area contributed by atoms with Crippen molar-refractivity contribution in [3.05, 3.63) is 28.9 Å². The molecule has 0 aliphatic carbocycles. The lowest BCUT2D eigenvalue weighted by Crippen LogP contribution is -2.12. The fraction of sp³-hybridized carbons (Fsp3) is 0.375. The smallest absolute Gasteiger partial charge is 0.215 e. The molecule has 0 saturated carbocycles. The molecule has 1 aromatic rings. The van der Waals surface area contributed by atoms with Crippen LogP contribution in [0.25, 0.3) is 0 Å². The first kappa shape index (κ1) is 9.36. The van der Waals surface area contributed by atoms with Crippen LogP contribution >= 0.6 is 11.6 Å². The second-order valence-electron chi connectivity index (χ2n) is 3.00. The van der Waals surface area contributed by atoms with Crippen molar-refractivity contribution in [2.24, 2.45) is 0 Å². The number of nitrogens with one attached hydrogen (secondary N) is 2. The zero-order valence-electron chi connectivity index (χ0n) is 7.49. The number of aromatic amines is 1. The quantitative estimate of drug-likeness (QED) is 0.694. The molecule has 0 bridgehead atoms. The lowest BCUT2D eigenvalue weighted by atomic mass is 10.2. The van der Waals surface area contributed by atoms with Gasteiger partial charge in [0, 0.05) is 6.20 Å². The Hall–Kier alpha value is -1.20. The minimum Gasteiger partial charge on any atom is -0.471 e. The molecule has 0 aromatic carbocycles. The molecular formula is C8H10ClN3O2. The summed E-state index contributed by atoms with van der Waals surface area (Å²) in [6.07, 6.45) is 2.15. The fourth-order valence-corrected chi connectivity index (χ4v) is 1.58. The molecule has 1 aromatic heterocycles. The van der Waals surface area contributed by atoms with Crippen LogP contribution in [0.15, 0.2) is 12.5 Å². The van der Waals surface area contributed by atoms with Gasteiger partial charge in [-0.2, -0.15) is 5.10 Å². The molecule has 2 rings (SSSR count). The van der Waals surface area contributed by atoms with Gasteiger partial charge in [-0.15, -0.1) is 0 Å². The summed E-state index contributed by atoms with van der Waals surface area (Å²) in [7, 11) is 0. The average molecular weight is 216 g/mol. The van der Waals surface area contributed by atoms with Crippen molar-refractivity contribution < 1.29 is 9.84 Å². The van der Waals surface area contributed by atoms with Crippen LogP contribution in [0.5, 0.6) is 0 Å². The Morgan fingerprint density at radius 3 is 3.00 bits per heavy atom. The molecule has 1 aliphatic heterocycles. The van der Waals surface area contributed by atoms with E-state index in [1.807, 2.05) is 0 Å². The number of H-pyrrole nitrogens is 1. The van der Waals surface area contributed by atoms with Crippen LogP contribution in [0, 0.1) is 0 Å². The van der Waals surface area contributed by atoms with Gasteiger partial charge in [0.1, 0.15) is 12.0 Å². The van der Waals surface area contributed by atoms with E-state index in [1.54, 1.807) is 13.1 Å². The minimum absolute atomic E-state index is 0.369. The van der Waals surface area contributed by atoms with Crippen LogP contribution in [0.2, 0.25) is 5.02 Å². The number of ether oxygens (including phenoxy) is 1. The first-order chi connectivity index (χ1) is 6.70. The summed E-state index contributed by atoms with van der Waals surface area (Å²) in [5.41, 5.74) is 1.05. The van der Waals surface area contributed by atoms with Crippen LogP contribution in [0.3, 0.4) is 0 Å². The van der Waals surface area contributed by atoms with Gasteiger partial charge >= 0.3 is 0 Å². The summed E-state index contributed by atoms with van der Waals surface area (Å²) in [6, 6.07) is 0. The molecule has 14 heavy (non-hydrogen) atoms. The van der Waals surface area contributed by atoms with E-state index in [0.717, 1.165) is 0 Å². The van der Waals surface area contributed by atoms with Gasteiger partial charge in [-0.25, -0.2) is 0 Å². The molecule has 2 heterocycles. The van der Waals surface area contributed by atoms with Gasteiger partial charge in [0.15, 0.2) is 0 Å². The van der Waals surface area contributed by atoms with E-state index in [1.165, 1.54) is 6.26 Å². The van der Waals surface area contributed by atoms with Gasteiger partial charge in [-0.05, 0) is 6.92 Å². The molecule has 0 radical (unpaired) electrons. The maximum Gasteiger partial charge on any atom is 0.215 e. The van der Waals surface area contributed by atoms with E-state index in [4.69, 9.17) is 16.3 Å². The Morgan fingerprint density at radius 2 is 2.50 bits per heavy atom. The maximum atomic E-state index is 9.33. The average Bonchev–Trinajstić information content (AvgIpc) is 2.71. The minimum atomic E-state index is -0.668. The summed E-state index contributed by atoms with van der Waals surface area (Å²) < 4.78 is 5.17. The highest BCUT2D eigenvalue weighted by Crippen LogP contribution is 2.29. The molecule has 3 N–H and O–H groups in total. The number of rotatable bonds is 2. The number of hydrogen-bond acceptors (Lipinski definition) is 4. The highest BCUT2D eigenvalue weighted by molar-refractivity contribution is 6.32. The maximum absolute atomic E-state index is 9.33. The second-order valence-corrected chi connectivity index (χ2v) is 3.38. The third kappa shape index (κ3) is 1.44. The van der Waals surface area contributed by atoms with E-state index in [9.17, 15) is 5.11 Å². The van der Waals surface area contributed by atoms with E-state index in [0.29, 0.717) is 16.4 Å². The molecular weight excluding hydrogens is 206 g/mol. The van der Waals surface area contributed by atoms with Crippen molar-refractivity contribution in [2.75, 3.05) is 0 Å². The standard InChI is InChI=1S/C8H10ClN3O2/c1-4(13)6-5(9)7(12-11-6)8-10-2-3-14-8/h2-4,8,10,13H,1H3,(H,11,12). The molecule has 0 spiro atoms. The first-order valence-corrected chi connectivity index (χ1v) is 4.56. The van der Waals surface area contributed by atoms with Crippen molar-refractivity contribution in [2.45, 2.75) is 19.3 Å². The summed E-state index contributed by atoms with van der Waals surface area (Å²) in [5.74, 6) is 0. The summed E-state index contributed by atoms with van der Waals surface area (Å²) >= 11 is 6.00. The Kier molecular flexibility index (Phi) is 2.35. The van der Waals surface area contributed by atoms with Crippen molar-refractivity contribution in [3.8, 4) is 0 Å². The highest BCUT2D eigenvalue weighted by Gasteiger charge is 2.23. The molecule has 1 aliphatic rings. The molecule has 6 heteroatoms. The molecule has 0 amide bonds. The van der Waals surface area contributed by atoms with Crippen molar-refractivity contribution in [1.82, 2.24) is 15.5 Å². The van der Waals surface area contributed by atoms with Crippen LogP contribution in [0.4, 0.5) is 0 Å². The first-order valence-electron chi connectivity index (χ1n) is 4.18. The zero-order valence-corrected chi connectivity index (χ0v) is 8.25. The van der Waals surface area contributed by atoms with E-state index in [2.05, 4.69) is 15.5 Å². The lowest BCUT2D eigenvalue weighted by molar-refractivity contribution is 0.150. The third-order valence-electron chi connectivity index (χ3n) is 1.95. The number of aromatic nitrogens is 2. The molecule has 2 atom stereocenters. The monoisotopic (exact) mass is 215 g/mol. The lowest BCUT2D eigenvalue weighted by Gasteiger charge is -2.08. The fourth-order valence-electron chi connectivity index (χ4n) is 1.23. The number of halogens is 1. The van der Waals surface area contributed by atoms with Gasteiger partial charge in [-0.3, -0.25) is 5.10 Å².